The van der Waals surface area contributed by atoms with Gasteiger partial charge in [-0.25, -0.2) is 0 Å². The standard InChI is InChI=1S/C10H14.C5H13NO/c1-10(2,3)9-7-5-4-6-8-9;1-6(2)4-5-7-3/h4-8H,1-3H3;4-5H2,1-3H3. The molecular weight excluding hydrogens is 210 g/mol. The van der Waals surface area contributed by atoms with Gasteiger partial charge in [0.25, 0.3) is 0 Å². The third-order valence-electron chi connectivity index (χ3n) is 2.38. The third-order valence-corrected chi connectivity index (χ3v) is 2.38. The van der Waals surface area contributed by atoms with Gasteiger partial charge in [0.15, 0.2) is 0 Å². The summed E-state index contributed by atoms with van der Waals surface area (Å²) in [5, 5.41) is 0. The molecule has 17 heavy (non-hydrogen) atoms. The lowest BCUT2D eigenvalue weighted by Gasteiger charge is -2.18. The second-order valence-corrected chi connectivity index (χ2v) is 5.41. The first-order valence-electron chi connectivity index (χ1n) is 6.07. The van der Waals surface area contributed by atoms with Gasteiger partial charge < -0.3 is 9.64 Å². The molecule has 0 radical (unpaired) electrons. The van der Waals surface area contributed by atoms with E-state index in [1.807, 2.05) is 14.1 Å². The maximum atomic E-state index is 4.81. The Hall–Kier alpha value is -0.860. The van der Waals surface area contributed by atoms with Crippen LogP contribution < -0.4 is 0 Å². The second kappa shape index (κ2) is 8.26. The number of methoxy groups -OCH3 is 1. The number of hydrogen-bond donors (Lipinski definition) is 0. The van der Waals surface area contributed by atoms with E-state index >= 15 is 0 Å². The number of likely N-dealkylation sites (N-methyl/N-ethyl adjacent to an activating group) is 1. The number of hydrogen-bond acceptors (Lipinski definition) is 2. The van der Waals surface area contributed by atoms with Crippen molar-refractivity contribution in [3.8, 4) is 0 Å². The topological polar surface area (TPSA) is 12.5 Å². The van der Waals surface area contributed by atoms with Gasteiger partial charge in [0, 0.05) is 13.7 Å². The summed E-state index contributed by atoms with van der Waals surface area (Å²) in [7, 11) is 5.77. The molecule has 0 amide bonds. The van der Waals surface area contributed by atoms with E-state index in [9.17, 15) is 0 Å². The summed E-state index contributed by atoms with van der Waals surface area (Å²) in [6.07, 6.45) is 0. The molecule has 0 aliphatic heterocycles. The normalized spacial score (nSPS) is 11.0. The van der Waals surface area contributed by atoms with Crippen molar-refractivity contribution in [2.75, 3.05) is 34.4 Å². The van der Waals surface area contributed by atoms with Gasteiger partial charge in [-0.05, 0) is 25.1 Å². The van der Waals surface area contributed by atoms with Crippen molar-refractivity contribution in [1.29, 1.82) is 0 Å². The highest BCUT2D eigenvalue weighted by Gasteiger charge is 2.11. The van der Waals surface area contributed by atoms with Gasteiger partial charge in [0.05, 0.1) is 6.61 Å². The van der Waals surface area contributed by atoms with E-state index in [1.54, 1.807) is 7.11 Å². The van der Waals surface area contributed by atoms with Crippen LogP contribution in [0.25, 0.3) is 0 Å². The lowest BCUT2D eigenvalue weighted by molar-refractivity contribution is 0.172. The summed E-state index contributed by atoms with van der Waals surface area (Å²) in [5.41, 5.74) is 1.69. The van der Waals surface area contributed by atoms with Gasteiger partial charge in [-0.1, -0.05) is 51.1 Å². The van der Waals surface area contributed by atoms with Crippen LogP contribution in [0.4, 0.5) is 0 Å². The molecule has 0 fully saturated rings. The predicted octanol–water partition coefficient (Wildman–Crippen LogP) is 3.18. The van der Waals surface area contributed by atoms with Crippen molar-refractivity contribution >= 4 is 0 Å². The minimum Gasteiger partial charge on any atom is -0.383 e. The van der Waals surface area contributed by atoms with Crippen LogP contribution in [0.3, 0.4) is 0 Å². The van der Waals surface area contributed by atoms with E-state index in [4.69, 9.17) is 4.74 Å². The molecule has 2 heteroatoms. The van der Waals surface area contributed by atoms with Crippen LogP contribution in [0.2, 0.25) is 0 Å². The third kappa shape index (κ3) is 8.90. The number of nitrogens with zero attached hydrogens (tertiary/aromatic N) is 1. The van der Waals surface area contributed by atoms with Crippen LogP contribution in [0, 0.1) is 0 Å². The lowest BCUT2D eigenvalue weighted by atomic mass is 9.87. The Labute approximate surface area is 107 Å². The van der Waals surface area contributed by atoms with Crippen molar-refractivity contribution in [1.82, 2.24) is 4.90 Å². The van der Waals surface area contributed by atoms with Crippen molar-refractivity contribution in [2.45, 2.75) is 26.2 Å². The van der Waals surface area contributed by atoms with Gasteiger partial charge in [0.2, 0.25) is 0 Å². The fourth-order valence-corrected chi connectivity index (χ4v) is 1.21. The van der Waals surface area contributed by atoms with Gasteiger partial charge in [-0.2, -0.15) is 0 Å². The predicted molar refractivity (Wildman–Crippen MR) is 75.6 cm³/mol. The Balaban J connectivity index is 0.000000325. The van der Waals surface area contributed by atoms with Crippen LogP contribution >= 0.6 is 0 Å². The fraction of sp³-hybridized carbons (Fsp3) is 0.600. The molecule has 0 spiro atoms. The summed E-state index contributed by atoms with van der Waals surface area (Å²) in [4.78, 5) is 2.09. The Morgan fingerprint density at radius 2 is 1.59 bits per heavy atom. The van der Waals surface area contributed by atoms with Crippen molar-refractivity contribution in [3.63, 3.8) is 0 Å². The molecule has 0 N–H and O–H groups in total. The second-order valence-electron chi connectivity index (χ2n) is 5.41. The summed E-state index contributed by atoms with van der Waals surface area (Å²) < 4.78 is 4.81. The Kier molecular flexibility index (Phi) is 7.85. The monoisotopic (exact) mass is 237 g/mol. The smallest absolute Gasteiger partial charge is 0.0589 e. The first-order valence-corrected chi connectivity index (χ1v) is 6.07. The Bertz CT molecular complexity index is 275. The molecule has 0 atom stereocenters. The molecule has 1 aromatic carbocycles. The van der Waals surface area contributed by atoms with E-state index in [0.29, 0.717) is 5.41 Å². The maximum absolute atomic E-state index is 4.81. The zero-order valence-electron chi connectivity index (χ0n) is 12.2. The zero-order valence-corrected chi connectivity index (χ0v) is 12.2. The summed E-state index contributed by atoms with van der Waals surface area (Å²) in [6, 6.07) is 10.6. The van der Waals surface area contributed by atoms with Crippen molar-refractivity contribution in [2.24, 2.45) is 0 Å². The van der Waals surface area contributed by atoms with Gasteiger partial charge in [0.1, 0.15) is 0 Å². The minimum absolute atomic E-state index is 0.293. The quantitative estimate of drug-likeness (QED) is 0.800. The first-order chi connectivity index (χ1) is 7.88. The van der Waals surface area contributed by atoms with Gasteiger partial charge in [-0.15, -0.1) is 0 Å². The number of benzene rings is 1. The molecule has 0 bridgehead atoms. The zero-order chi connectivity index (χ0) is 13.3. The average molecular weight is 237 g/mol. The molecule has 0 aliphatic rings. The molecule has 0 saturated carbocycles. The fourth-order valence-electron chi connectivity index (χ4n) is 1.21. The van der Waals surface area contributed by atoms with Crippen molar-refractivity contribution in [3.05, 3.63) is 35.9 Å². The highest BCUT2D eigenvalue weighted by Crippen LogP contribution is 2.20. The highest BCUT2D eigenvalue weighted by molar-refractivity contribution is 5.21. The number of rotatable bonds is 3. The first kappa shape index (κ1) is 16.1. The molecule has 1 aromatic rings. The number of ether oxygens (including phenoxy) is 1. The summed E-state index contributed by atoms with van der Waals surface area (Å²) in [6.45, 7) is 8.51. The molecule has 0 aliphatic carbocycles. The van der Waals surface area contributed by atoms with Crippen LogP contribution in [-0.4, -0.2) is 39.3 Å². The Morgan fingerprint density at radius 3 is 1.82 bits per heavy atom. The van der Waals surface area contributed by atoms with E-state index in [2.05, 4.69) is 56.0 Å². The molecule has 0 heterocycles. The molecule has 98 valence electrons. The van der Waals surface area contributed by atoms with E-state index in [-0.39, 0.29) is 0 Å². The van der Waals surface area contributed by atoms with Crippen molar-refractivity contribution < 1.29 is 4.74 Å². The average Bonchev–Trinajstić information content (AvgIpc) is 2.27. The molecule has 0 unspecified atom stereocenters. The molecular formula is C15H27NO. The van der Waals surface area contributed by atoms with Crippen LogP contribution in [0.5, 0.6) is 0 Å². The van der Waals surface area contributed by atoms with Crippen LogP contribution in [-0.2, 0) is 10.2 Å². The summed E-state index contributed by atoms with van der Waals surface area (Å²) in [5.74, 6) is 0. The van der Waals surface area contributed by atoms with Crippen LogP contribution in [0.1, 0.15) is 26.3 Å². The minimum atomic E-state index is 0.293. The van der Waals surface area contributed by atoms with Gasteiger partial charge in [-0.3, -0.25) is 0 Å². The molecule has 0 saturated heterocycles. The van der Waals surface area contributed by atoms with E-state index in [1.165, 1.54) is 5.56 Å². The Morgan fingerprint density at radius 1 is 1.06 bits per heavy atom. The van der Waals surface area contributed by atoms with E-state index in [0.717, 1.165) is 13.2 Å². The van der Waals surface area contributed by atoms with E-state index < -0.39 is 0 Å². The molecule has 0 aromatic heterocycles. The highest BCUT2D eigenvalue weighted by atomic mass is 16.5. The van der Waals surface area contributed by atoms with Gasteiger partial charge >= 0.3 is 0 Å². The SMILES string of the molecule is CC(C)(C)c1ccccc1.COCCN(C)C. The van der Waals surface area contributed by atoms with Crippen LogP contribution in [0.15, 0.2) is 30.3 Å². The summed E-state index contributed by atoms with van der Waals surface area (Å²) >= 11 is 0. The molecule has 2 nitrogen and oxygen atoms in total. The lowest BCUT2D eigenvalue weighted by Crippen LogP contribution is -2.16. The largest absolute Gasteiger partial charge is 0.383 e. The molecule has 1 rings (SSSR count). The maximum Gasteiger partial charge on any atom is 0.0589 e.